The number of carbonyl (C=O) groups is 2. The van der Waals surface area contributed by atoms with Crippen molar-refractivity contribution in [3.8, 4) is 0 Å². The van der Waals surface area contributed by atoms with E-state index in [2.05, 4.69) is 5.32 Å². The second-order valence-electron chi connectivity index (χ2n) is 4.47. The molecule has 0 aromatic carbocycles. The lowest BCUT2D eigenvalue weighted by Crippen LogP contribution is -2.52. The molecule has 0 saturated heterocycles. The maximum absolute atomic E-state index is 12.0. The molecule has 0 heterocycles. The smallest absolute Gasteiger partial charge is 0.239 e. The minimum Gasteiger partial charge on any atom is -0.385 e. The SMILES string of the molecule is COCCC1(C(=O)N[C@@H](C)C(N)=O)CCC1. The molecule has 1 aliphatic rings. The van der Waals surface area contributed by atoms with Gasteiger partial charge in [0, 0.05) is 13.7 Å². The summed E-state index contributed by atoms with van der Waals surface area (Å²) in [5.74, 6) is -0.573. The number of rotatable bonds is 6. The molecule has 0 aromatic heterocycles. The molecule has 92 valence electrons. The zero-order valence-corrected chi connectivity index (χ0v) is 9.91. The Labute approximate surface area is 95.7 Å². The van der Waals surface area contributed by atoms with Crippen LogP contribution in [0.3, 0.4) is 0 Å². The monoisotopic (exact) mass is 228 g/mol. The van der Waals surface area contributed by atoms with E-state index in [-0.39, 0.29) is 11.3 Å². The van der Waals surface area contributed by atoms with E-state index in [1.165, 1.54) is 0 Å². The van der Waals surface area contributed by atoms with E-state index in [1.807, 2.05) is 0 Å². The van der Waals surface area contributed by atoms with E-state index in [9.17, 15) is 9.59 Å². The second-order valence-corrected chi connectivity index (χ2v) is 4.47. The van der Waals surface area contributed by atoms with Crippen molar-refractivity contribution in [2.75, 3.05) is 13.7 Å². The van der Waals surface area contributed by atoms with Gasteiger partial charge >= 0.3 is 0 Å². The van der Waals surface area contributed by atoms with Crippen LogP contribution in [0.25, 0.3) is 0 Å². The minimum absolute atomic E-state index is 0.0675. The van der Waals surface area contributed by atoms with Crippen LogP contribution >= 0.6 is 0 Å². The lowest BCUT2D eigenvalue weighted by atomic mass is 9.66. The summed E-state index contributed by atoms with van der Waals surface area (Å²) < 4.78 is 5.00. The molecule has 5 nitrogen and oxygen atoms in total. The molecule has 0 unspecified atom stereocenters. The van der Waals surface area contributed by atoms with E-state index < -0.39 is 11.9 Å². The van der Waals surface area contributed by atoms with Gasteiger partial charge in [0.1, 0.15) is 6.04 Å². The predicted molar refractivity (Wildman–Crippen MR) is 59.6 cm³/mol. The molecular weight excluding hydrogens is 208 g/mol. The topological polar surface area (TPSA) is 81.4 Å². The number of primary amides is 1. The third kappa shape index (κ3) is 2.72. The molecule has 2 amide bonds. The molecule has 1 fully saturated rings. The van der Waals surface area contributed by atoms with Crippen LogP contribution in [0.1, 0.15) is 32.6 Å². The number of ether oxygens (including phenoxy) is 1. The van der Waals surface area contributed by atoms with Gasteiger partial charge in [0.25, 0.3) is 0 Å². The fourth-order valence-corrected chi connectivity index (χ4v) is 1.91. The van der Waals surface area contributed by atoms with Gasteiger partial charge in [0.05, 0.1) is 5.41 Å². The summed E-state index contributed by atoms with van der Waals surface area (Å²) in [6, 6.07) is -0.604. The van der Waals surface area contributed by atoms with Crippen LogP contribution < -0.4 is 11.1 Å². The minimum atomic E-state index is -0.604. The van der Waals surface area contributed by atoms with Crippen molar-refractivity contribution < 1.29 is 14.3 Å². The van der Waals surface area contributed by atoms with Crippen molar-refractivity contribution in [2.45, 2.75) is 38.6 Å². The molecule has 1 rings (SSSR count). The summed E-state index contributed by atoms with van der Waals surface area (Å²) in [6.45, 7) is 2.17. The van der Waals surface area contributed by atoms with Gasteiger partial charge in [-0.25, -0.2) is 0 Å². The Bertz CT molecular complexity index is 274. The van der Waals surface area contributed by atoms with Gasteiger partial charge < -0.3 is 15.8 Å². The van der Waals surface area contributed by atoms with Crippen molar-refractivity contribution >= 4 is 11.8 Å². The van der Waals surface area contributed by atoms with E-state index in [0.29, 0.717) is 13.0 Å². The highest BCUT2D eigenvalue weighted by Crippen LogP contribution is 2.44. The van der Waals surface area contributed by atoms with Gasteiger partial charge in [-0.2, -0.15) is 0 Å². The van der Waals surface area contributed by atoms with E-state index in [4.69, 9.17) is 10.5 Å². The first kappa shape index (κ1) is 13.0. The highest BCUT2D eigenvalue weighted by Gasteiger charge is 2.44. The van der Waals surface area contributed by atoms with Crippen LogP contribution in [0.5, 0.6) is 0 Å². The summed E-state index contributed by atoms with van der Waals surface area (Å²) in [5, 5.41) is 2.66. The largest absolute Gasteiger partial charge is 0.385 e. The Balaban J connectivity index is 2.52. The first-order chi connectivity index (χ1) is 7.52. The third-order valence-corrected chi connectivity index (χ3v) is 3.35. The first-order valence-corrected chi connectivity index (χ1v) is 5.61. The molecule has 1 aliphatic carbocycles. The normalized spacial score (nSPS) is 19.6. The van der Waals surface area contributed by atoms with Gasteiger partial charge in [0.2, 0.25) is 11.8 Å². The fourth-order valence-electron chi connectivity index (χ4n) is 1.91. The van der Waals surface area contributed by atoms with Gasteiger partial charge in [-0.05, 0) is 26.2 Å². The van der Waals surface area contributed by atoms with Crippen LogP contribution in [0.4, 0.5) is 0 Å². The average molecular weight is 228 g/mol. The number of amides is 2. The summed E-state index contributed by atoms with van der Waals surface area (Å²) >= 11 is 0. The summed E-state index contributed by atoms with van der Waals surface area (Å²) in [7, 11) is 1.62. The second kappa shape index (κ2) is 5.30. The maximum atomic E-state index is 12.0. The zero-order chi connectivity index (χ0) is 12.2. The summed E-state index contributed by atoms with van der Waals surface area (Å²) in [5.41, 5.74) is 4.78. The molecule has 1 saturated carbocycles. The van der Waals surface area contributed by atoms with Crippen molar-refractivity contribution in [2.24, 2.45) is 11.1 Å². The first-order valence-electron chi connectivity index (χ1n) is 5.61. The highest BCUT2D eigenvalue weighted by atomic mass is 16.5. The van der Waals surface area contributed by atoms with Crippen LogP contribution in [0, 0.1) is 5.41 Å². The molecule has 0 bridgehead atoms. The summed E-state index contributed by atoms with van der Waals surface area (Å²) in [6.07, 6.45) is 3.50. The lowest BCUT2D eigenvalue weighted by molar-refractivity contribution is -0.140. The van der Waals surface area contributed by atoms with E-state index in [0.717, 1.165) is 19.3 Å². The Morgan fingerprint density at radius 3 is 2.50 bits per heavy atom. The van der Waals surface area contributed by atoms with Crippen LogP contribution in [0.15, 0.2) is 0 Å². The van der Waals surface area contributed by atoms with Crippen LogP contribution in [0.2, 0.25) is 0 Å². The molecule has 5 heteroatoms. The Morgan fingerprint density at radius 1 is 1.50 bits per heavy atom. The van der Waals surface area contributed by atoms with Gasteiger partial charge in [-0.15, -0.1) is 0 Å². The quantitative estimate of drug-likeness (QED) is 0.680. The highest BCUT2D eigenvalue weighted by molar-refractivity contribution is 5.89. The molecular formula is C11H20N2O3. The van der Waals surface area contributed by atoms with Crippen LogP contribution in [-0.4, -0.2) is 31.6 Å². The molecule has 16 heavy (non-hydrogen) atoms. The van der Waals surface area contributed by atoms with Crippen molar-refractivity contribution in [3.63, 3.8) is 0 Å². The number of nitrogens with two attached hydrogens (primary N) is 1. The Morgan fingerprint density at radius 2 is 2.12 bits per heavy atom. The predicted octanol–water partition coefficient (Wildman–Crippen LogP) is 0.183. The number of carbonyl (C=O) groups excluding carboxylic acids is 2. The van der Waals surface area contributed by atoms with Crippen molar-refractivity contribution in [1.29, 1.82) is 0 Å². The van der Waals surface area contributed by atoms with Gasteiger partial charge in [0.15, 0.2) is 0 Å². The maximum Gasteiger partial charge on any atom is 0.239 e. The molecule has 0 radical (unpaired) electrons. The number of hydrogen-bond donors (Lipinski definition) is 2. The zero-order valence-electron chi connectivity index (χ0n) is 9.91. The molecule has 0 spiro atoms. The van der Waals surface area contributed by atoms with E-state index in [1.54, 1.807) is 14.0 Å². The lowest BCUT2D eigenvalue weighted by Gasteiger charge is -2.40. The summed E-state index contributed by atoms with van der Waals surface area (Å²) in [4.78, 5) is 22.9. The van der Waals surface area contributed by atoms with Crippen molar-refractivity contribution in [3.05, 3.63) is 0 Å². The molecule has 0 aromatic rings. The Hall–Kier alpha value is -1.10. The number of hydrogen-bond acceptors (Lipinski definition) is 3. The molecule has 0 aliphatic heterocycles. The average Bonchev–Trinajstić information content (AvgIpc) is 2.16. The fraction of sp³-hybridized carbons (Fsp3) is 0.818. The molecule has 3 N–H and O–H groups in total. The van der Waals surface area contributed by atoms with Gasteiger partial charge in [-0.1, -0.05) is 6.42 Å². The molecule has 1 atom stereocenters. The van der Waals surface area contributed by atoms with E-state index >= 15 is 0 Å². The Kier molecular flexibility index (Phi) is 4.29. The standard InChI is InChI=1S/C11H20N2O3/c1-8(9(12)14)13-10(15)11(4-3-5-11)6-7-16-2/h8H,3-7H2,1-2H3,(H2,12,14)(H,13,15)/t8-/m0/s1. The third-order valence-electron chi connectivity index (χ3n) is 3.35. The number of nitrogens with one attached hydrogen (secondary N) is 1. The van der Waals surface area contributed by atoms with Gasteiger partial charge in [-0.3, -0.25) is 9.59 Å². The van der Waals surface area contributed by atoms with Crippen molar-refractivity contribution in [1.82, 2.24) is 5.32 Å². The van der Waals surface area contributed by atoms with Crippen LogP contribution in [-0.2, 0) is 14.3 Å². The number of methoxy groups -OCH3 is 1.